The third-order valence-electron chi connectivity index (χ3n) is 7.72. The fraction of sp³-hybridized carbons (Fsp3) is 0.389. The van der Waals surface area contributed by atoms with Crippen LogP contribution in [0.15, 0.2) is 83.3 Å². The van der Waals surface area contributed by atoms with Crippen molar-refractivity contribution in [3.8, 4) is 5.75 Å². The van der Waals surface area contributed by atoms with Crippen molar-refractivity contribution in [3.05, 3.63) is 89.8 Å². The molecule has 42 heavy (non-hydrogen) atoms. The fourth-order valence-electron chi connectivity index (χ4n) is 5.43. The Morgan fingerprint density at radius 2 is 1.88 bits per heavy atom. The summed E-state index contributed by atoms with van der Waals surface area (Å²) in [5.74, 6) is 0.000520. The van der Waals surface area contributed by atoms with Crippen molar-refractivity contribution in [2.45, 2.75) is 89.5 Å². The molecule has 1 aliphatic carbocycles. The van der Waals surface area contributed by atoms with Gasteiger partial charge in [0.15, 0.2) is 0 Å². The zero-order valence-corrected chi connectivity index (χ0v) is 26.3. The lowest BCUT2D eigenvalue weighted by Gasteiger charge is -2.24. The highest BCUT2D eigenvalue weighted by Crippen LogP contribution is 2.44. The molecule has 0 saturated heterocycles. The molecule has 4 aromatic rings. The van der Waals surface area contributed by atoms with E-state index in [0.29, 0.717) is 13.0 Å². The molecule has 0 amide bonds. The number of carboxylic acids is 1. The molecular formula is C36H42N2O3S. The van der Waals surface area contributed by atoms with Crippen molar-refractivity contribution in [1.29, 1.82) is 0 Å². The molecule has 0 bridgehead atoms. The molecule has 2 heterocycles. The number of rotatable bonds is 10. The first-order valence-corrected chi connectivity index (χ1v) is 15.7. The number of pyridine rings is 1. The first-order valence-electron chi connectivity index (χ1n) is 14.9. The van der Waals surface area contributed by atoms with E-state index >= 15 is 0 Å². The van der Waals surface area contributed by atoms with E-state index in [2.05, 4.69) is 67.8 Å². The number of carbonyl (C=O) groups is 1. The van der Waals surface area contributed by atoms with E-state index in [0.717, 1.165) is 69.6 Å². The molecule has 5 rings (SSSR count). The lowest BCUT2D eigenvalue weighted by Crippen LogP contribution is -2.28. The number of allylic oxidation sites excluding steroid dienone is 4. The summed E-state index contributed by atoms with van der Waals surface area (Å²) >= 11 is 1.81. The van der Waals surface area contributed by atoms with Gasteiger partial charge in [-0.1, -0.05) is 68.8 Å². The largest absolute Gasteiger partial charge is 0.487 e. The van der Waals surface area contributed by atoms with Crippen LogP contribution in [0.1, 0.15) is 71.7 Å². The van der Waals surface area contributed by atoms with Crippen molar-refractivity contribution in [1.82, 2.24) is 9.55 Å². The van der Waals surface area contributed by atoms with Crippen molar-refractivity contribution in [2.24, 2.45) is 5.41 Å². The summed E-state index contributed by atoms with van der Waals surface area (Å²) in [4.78, 5) is 18.2. The van der Waals surface area contributed by atoms with Gasteiger partial charge >= 0.3 is 5.97 Å². The van der Waals surface area contributed by atoms with Gasteiger partial charge in [-0.25, -0.2) is 4.98 Å². The molecule has 6 heteroatoms. The van der Waals surface area contributed by atoms with Crippen LogP contribution in [0.3, 0.4) is 0 Å². The summed E-state index contributed by atoms with van der Waals surface area (Å²) in [5.41, 5.74) is 4.60. The first kappa shape index (κ1) is 30.0. The summed E-state index contributed by atoms with van der Waals surface area (Å²) in [6, 6.07) is 18.5. The van der Waals surface area contributed by atoms with E-state index in [1.165, 1.54) is 12.0 Å². The van der Waals surface area contributed by atoms with E-state index in [4.69, 9.17) is 9.72 Å². The fourth-order valence-corrected chi connectivity index (χ4v) is 6.62. The number of benzene rings is 2. The minimum Gasteiger partial charge on any atom is -0.487 e. The Morgan fingerprint density at radius 1 is 1.07 bits per heavy atom. The second kappa shape index (κ2) is 12.4. The van der Waals surface area contributed by atoms with Gasteiger partial charge in [-0.05, 0) is 69.9 Å². The summed E-state index contributed by atoms with van der Waals surface area (Å²) in [6.45, 7) is 11.5. The number of nitrogens with zero attached hydrogens (tertiary/aromatic N) is 2. The van der Waals surface area contributed by atoms with Gasteiger partial charge < -0.3 is 14.4 Å². The third kappa shape index (κ3) is 7.09. The van der Waals surface area contributed by atoms with Gasteiger partial charge in [0.1, 0.15) is 12.4 Å². The second-order valence-corrected chi connectivity index (χ2v) is 14.7. The highest BCUT2D eigenvalue weighted by atomic mass is 32.2. The Morgan fingerprint density at radius 3 is 2.67 bits per heavy atom. The molecule has 1 N–H and O–H groups in total. The van der Waals surface area contributed by atoms with Crippen LogP contribution in [0.5, 0.6) is 5.75 Å². The van der Waals surface area contributed by atoms with E-state index < -0.39 is 11.4 Å². The predicted octanol–water partition coefficient (Wildman–Crippen LogP) is 9.37. The number of ether oxygens (including phenoxy) is 1. The van der Waals surface area contributed by atoms with Crippen LogP contribution in [0, 0.1) is 5.41 Å². The van der Waals surface area contributed by atoms with Gasteiger partial charge in [0.25, 0.3) is 0 Å². The number of thioether (sulfide) groups is 1. The molecule has 0 aliphatic heterocycles. The van der Waals surface area contributed by atoms with Gasteiger partial charge in [0.2, 0.25) is 0 Å². The lowest BCUT2D eigenvalue weighted by molar-refractivity contribution is -0.146. The molecule has 0 atom stereocenters. The van der Waals surface area contributed by atoms with Crippen molar-refractivity contribution >= 4 is 39.5 Å². The van der Waals surface area contributed by atoms with Crippen LogP contribution in [0.2, 0.25) is 0 Å². The molecule has 0 saturated carbocycles. The standard InChI is InChI=1S/C36H42N2O3S/c1-35(2,3)42-33-29-22-28(41-24-27-17-16-26-14-10-11-15-30(26)37-27)18-19-31(29)38(32(33)23-36(4,5)34(39)40)21-20-25-12-8-6-7-9-13-25/h6,8,10-12,14-19,22H,7,9,13,20-21,23-24H2,1-5H3,(H,39,40). The molecule has 1 aliphatic rings. The van der Waals surface area contributed by atoms with Crippen molar-refractivity contribution in [3.63, 3.8) is 0 Å². The van der Waals surface area contributed by atoms with Crippen LogP contribution >= 0.6 is 11.8 Å². The molecule has 220 valence electrons. The number of para-hydroxylation sites is 1. The monoisotopic (exact) mass is 582 g/mol. The zero-order valence-electron chi connectivity index (χ0n) is 25.4. The normalized spacial score (nSPS) is 14.3. The maximum Gasteiger partial charge on any atom is 0.309 e. The Labute approximate surface area is 253 Å². The van der Waals surface area contributed by atoms with Crippen LogP contribution < -0.4 is 4.74 Å². The predicted molar refractivity (Wildman–Crippen MR) is 174 cm³/mol. The summed E-state index contributed by atoms with van der Waals surface area (Å²) in [5, 5.41) is 12.3. The molecule has 0 unspecified atom stereocenters. The number of fused-ring (bicyclic) bond motifs is 2. The average Bonchev–Trinajstić information content (AvgIpc) is 3.09. The second-order valence-electron chi connectivity index (χ2n) is 12.9. The van der Waals surface area contributed by atoms with Gasteiger partial charge in [0.05, 0.1) is 16.6 Å². The third-order valence-corrected chi connectivity index (χ3v) is 9.00. The van der Waals surface area contributed by atoms with Crippen LogP contribution in [-0.4, -0.2) is 25.4 Å². The van der Waals surface area contributed by atoms with E-state index in [9.17, 15) is 9.90 Å². The van der Waals surface area contributed by atoms with Gasteiger partial charge in [-0.2, -0.15) is 0 Å². The number of aryl methyl sites for hydroxylation is 1. The molecule has 5 nitrogen and oxygen atoms in total. The molecule has 0 spiro atoms. The quantitative estimate of drug-likeness (QED) is 0.189. The molecule has 2 aromatic heterocycles. The number of hydrogen-bond acceptors (Lipinski definition) is 4. The van der Waals surface area contributed by atoms with Crippen LogP contribution in [0.25, 0.3) is 21.8 Å². The number of aliphatic carboxylic acids is 1. The summed E-state index contributed by atoms with van der Waals surface area (Å²) < 4.78 is 8.62. The minimum absolute atomic E-state index is 0.0539. The van der Waals surface area contributed by atoms with E-state index in [1.54, 1.807) is 0 Å². The molecule has 2 aromatic carbocycles. The number of aromatic nitrogens is 2. The Balaban J connectivity index is 1.53. The van der Waals surface area contributed by atoms with E-state index in [-0.39, 0.29) is 4.75 Å². The van der Waals surface area contributed by atoms with Crippen molar-refractivity contribution in [2.75, 3.05) is 0 Å². The SMILES string of the molecule is CC(C)(C)Sc1c(CC(C)(C)C(=O)O)n(CCC2=CC=CCCC2)c2ccc(OCc3ccc4ccccc4n3)cc12. The average molecular weight is 583 g/mol. The minimum atomic E-state index is -0.898. The Bertz CT molecular complexity index is 1660. The number of hydrogen-bond donors (Lipinski definition) is 1. The number of carboxylic acid groups (broad SMARTS) is 1. The van der Waals surface area contributed by atoms with Gasteiger partial charge in [0, 0.05) is 44.6 Å². The molecule has 0 radical (unpaired) electrons. The zero-order chi connectivity index (χ0) is 29.9. The Kier molecular flexibility index (Phi) is 8.84. The van der Waals surface area contributed by atoms with Crippen LogP contribution in [-0.2, 0) is 24.4 Å². The maximum atomic E-state index is 12.3. The highest BCUT2D eigenvalue weighted by Gasteiger charge is 2.32. The maximum absolute atomic E-state index is 12.3. The molecule has 0 fully saturated rings. The topological polar surface area (TPSA) is 64.3 Å². The Hall–Kier alpha value is -3.51. The summed E-state index contributed by atoms with van der Waals surface area (Å²) in [7, 11) is 0. The highest BCUT2D eigenvalue weighted by molar-refractivity contribution is 8.00. The van der Waals surface area contributed by atoms with E-state index in [1.807, 2.05) is 55.9 Å². The van der Waals surface area contributed by atoms with Crippen LogP contribution in [0.4, 0.5) is 0 Å². The van der Waals surface area contributed by atoms with Gasteiger partial charge in [-0.3, -0.25) is 4.79 Å². The van der Waals surface area contributed by atoms with Crippen molar-refractivity contribution < 1.29 is 14.6 Å². The molecular weight excluding hydrogens is 540 g/mol. The summed E-state index contributed by atoms with van der Waals surface area (Å²) in [6.07, 6.45) is 11.5. The van der Waals surface area contributed by atoms with Gasteiger partial charge in [-0.15, -0.1) is 11.8 Å². The smallest absolute Gasteiger partial charge is 0.309 e. The lowest BCUT2D eigenvalue weighted by atomic mass is 9.88. The first-order chi connectivity index (χ1) is 20.0.